The van der Waals surface area contributed by atoms with Crippen LogP contribution in [0.1, 0.15) is 11.1 Å². The number of aromatic hydroxyl groups is 1. The summed E-state index contributed by atoms with van der Waals surface area (Å²) in [5.41, 5.74) is 1.39. The monoisotopic (exact) mass is 741 g/mol. The van der Waals surface area contributed by atoms with Crippen LogP contribution in [0.3, 0.4) is 0 Å². The number of amides is 1. The van der Waals surface area contributed by atoms with Gasteiger partial charge in [0.25, 0.3) is 0 Å². The highest BCUT2D eigenvalue weighted by Gasteiger charge is 2.41. The lowest BCUT2D eigenvalue weighted by atomic mass is 10.1. The van der Waals surface area contributed by atoms with Crippen LogP contribution in [-0.2, 0) is 27.4 Å². The van der Waals surface area contributed by atoms with Gasteiger partial charge in [-0.05, 0) is 105 Å². The summed E-state index contributed by atoms with van der Waals surface area (Å²) in [6, 6.07) is 15.4. The van der Waals surface area contributed by atoms with Gasteiger partial charge >= 0.3 is 18.1 Å². The van der Waals surface area contributed by atoms with Gasteiger partial charge in [0.15, 0.2) is 0 Å². The summed E-state index contributed by atoms with van der Waals surface area (Å²) in [7, 11) is 1.03. The first-order chi connectivity index (χ1) is 17.5. The van der Waals surface area contributed by atoms with Gasteiger partial charge in [-0.25, -0.2) is 4.79 Å². The molecule has 2 N–H and O–H groups in total. The first-order valence-corrected chi connectivity index (χ1v) is 12.7. The van der Waals surface area contributed by atoms with Crippen molar-refractivity contribution >= 4 is 57.1 Å². The molecule has 0 spiro atoms. The molecule has 0 fully saturated rings. The third kappa shape index (κ3) is 8.38. The van der Waals surface area contributed by atoms with E-state index in [1.807, 2.05) is 57.3 Å². The van der Waals surface area contributed by atoms with E-state index in [1.165, 1.54) is 12.1 Å². The molecule has 0 heterocycles. The fraction of sp³-hybridized carbons (Fsp3) is 0.200. The summed E-state index contributed by atoms with van der Waals surface area (Å²) in [4.78, 5) is 23.3. The Balaban J connectivity index is 1.65. The maximum Gasteiger partial charge on any atom is 0.471 e. The van der Waals surface area contributed by atoms with E-state index in [2.05, 4.69) is 4.74 Å². The summed E-state index contributed by atoms with van der Waals surface area (Å²) in [6.07, 6.45) is -5.31. The minimum atomic E-state index is -5.12. The number of hydrogen-bond acceptors (Lipinski definition) is 6. The Morgan fingerprint density at radius 2 is 1.49 bits per heavy atom. The molecule has 0 aliphatic rings. The lowest BCUT2D eigenvalue weighted by molar-refractivity contribution is -0.175. The van der Waals surface area contributed by atoms with Gasteiger partial charge < -0.3 is 24.6 Å². The van der Waals surface area contributed by atoms with Gasteiger partial charge in [0.05, 0.1) is 14.3 Å². The van der Waals surface area contributed by atoms with Crippen LogP contribution in [0.15, 0.2) is 60.7 Å². The van der Waals surface area contributed by atoms with Crippen molar-refractivity contribution in [2.45, 2.75) is 25.2 Å². The Hall–Kier alpha value is -2.75. The van der Waals surface area contributed by atoms with Gasteiger partial charge in [-0.1, -0.05) is 12.1 Å². The van der Waals surface area contributed by atoms with Crippen molar-refractivity contribution < 1.29 is 42.1 Å². The average Bonchev–Trinajstić information content (AvgIpc) is 2.84. The maximum atomic E-state index is 12.7. The van der Waals surface area contributed by atoms with E-state index in [-0.39, 0.29) is 18.8 Å². The van der Waals surface area contributed by atoms with Crippen LogP contribution >= 0.6 is 45.2 Å². The Morgan fingerprint density at radius 1 is 0.946 bits per heavy atom. The lowest BCUT2D eigenvalue weighted by Crippen LogP contribution is -2.48. The Morgan fingerprint density at radius 3 is 2.00 bits per heavy atom. The molecule has 1 amide bonds. The third-order valence-corrected chi connectivity index (χ3v) is 6.53. The van der Waals surface area contributed by atoms with E-state index in [0.29, 0.717) is 30.0 Å². The van der Waals surface area contributed by atoms with Crippen LogP contribution in [0.4, 0.5) is 13.2 Å². The summed E-state index contributed by atoms with van der Waals surface area (Å²) in [5, 5.41) is 11.0. The minimum Gasteiger partial charge on any atom is -0.508 e. The van der Waals surface area contributed by atoms with Crippen molar-refractivity contribution in [3.8, 4) is 23.0 Å². The van der Waals surface area contributed by atoms with Crippen LogP contribution in [0.2, 0.25) is 0 Å². The molecular formula is C25H20F3I2NO6. The van der Waals surface area contributed by atoms with Crippen LogP contribution in [-0.4, -0.2) is 36.3 Å². The molecule has 196 valence electrons. The number of phenolic OH excluding ortho intramolecular Hbond substituents is 1. The molecule has 0 unspecified atom stereocenters. The van der Waals surface area contributed by atoms with Crippen LogP contribution in [0.25, 0.3) is 0 Å². The van der Waals surface area contributed by atoms with Crippen molar-refractivity contribution in [2.24, 2.45) is 0 Å². The number of hydrogen-bond donors (Lipinski definition) is 2. The van der Waals surface area contributed by atoms with Gasteiger partial charge in [0.2, 0.25) is 0 Å². The molecule has 3 rings (SSSR count). The molecule has 3 aromatic carbocycles. The second-order valence-electron chi connectivity index (χ2n) is 7.67. The van der Waals surface area contributed by atoms with Gasteiger partial charge in [0, 0.05) is 6.42 Å². The number of methoxy groups -OCH3 is 1. The highest BCUT2D eigenvalue weighted by atomic mass is 127. The predicted octanol–water partition coefficient (Wildman–Crippen LogP) is 5.74. The standard InChI is InChI=1S/C25H20F3I2NO6/c1-35-23(33)21(31-24(34)25(26,27)28)12-15-10-19(29)22(20(30)11-15)36-13-14-2-6-17(7-3-14)37-18-8-4-16(32)5-9-18/h2-11,21,32H,12-13H2,1H3,(H,31,34)/t21-/m0/s1. The number of rotatable bonds is 9. The summed E-state index contributed by atoms with van der Waals surface area (Å²) in [6.45, 7) is 0.247. The van der Waals surface area contributed by atoms with E-state index in [4.69, 9.17) is 9.47 Å². The van der Waals surface area contributed by atoms with Crippen molar-refractivity contribution in [2.75, 3.05) is 7.11 Å². The summed E-state index contributed by atoms with van der Waals surface area (Å²) in [5.74, 6) is -1.29. The third-order valence-electron chi connectivity index (χ3n) is 4.93. The van der Waals surface area contributed by atoms with E-state index in [1.54, 1.807) is 41.7 Å². The predicted molar refractivity (Wildman–Crippen MR) is 145 cm³/mol. The number of alkyl halides is 3. The fourth-order valence-electron chi connectivity index (χ4n) is 3.14. The van der Waals surface area contributed by atoms with Crippen molar-refractivity contribution in [1.29, 1.82) is 0 Å². The van der Waals surface area contributed by atoms with Gasteiger partial charge in [-0.2, -0.15) is 13.2 Å². The Bertz CT molecular complexity index is 1230. The first kappa shape index (κ1) is 28.8. The van der Waals surface area contributed by atoms with Crippen molar-refractivity contribution in [3.63, 3.8) is 0 Å². The van der Waals surface area contributed by atoms with Gasteiger partial charge in [0.1, 0.15) is 35.6 Å². The summed E-state index contributed by atoms with van der Waals surface area (Å²) < 4.78 is 55.6. The van der Waals surface area contributed by atoms with Crippen LogP contribution in [0.5, 0.6) is 23.0 Å². The fourth-order valence-corrected chi connectivity index (χ4v) is 5.35. The minimum absolute atomic E-state index is 0.147. The number of benzene rings is 3. The SMILES string of the molecule is COC(=O)[C@H](Cc1cc(I)c(OCc2ccc(Oc3ccc(O)cc3)cc2)c(I)c1)NC(=O)C(F)(F)F. The molecule has 0 aliphatic heterocycles. The van der Waals surface area contributed by atoms with E-state index < -0.39 is 24.1 Å². The molecule has 0 saturated heterocycles. The Labute approximate surface area is 237 Å². The van der Waals surface area contributed by atoms with Gasteiger partial charge in [-0.15, -0.1) is 0 Å². The normalized spacial score (nSPS) is 11.9. The quantitative estimate of drug-likeness (QED) is 0.215. The smallest absolute Gasteiger partial charge is 0.471 e. The Kier molecular flexibility index (Phi) is 9.87. The first-order valence-electron chi connectivity index (χ1n) is 10.6. The molecule has 0 bridgehead atoms. The second kappa shape index (κ2) is 12.7. The van der Waals surface area contributed by atoms with E-state index in [0.717, 1.165) is 12.7 Å². The molecule has 0 aliphatic carbocycles. The highest BCUT2D eigenvalue weighted by molar-refractivity contribution is 14.1. The van der Waals surface area contributed by atoms with Crippen molar-refractivity contribution in [1.82, 2.24) is 5.32 Å². The molecule has 0 saturated carbocycles. The topological polar surface area (TPSA) is 94.1 Å². The summed E-state index contributed by atoms with van der Waals surface area (Å²) >= 11 is 4.07. The zero-order valence-electron chi connectivity index (χ0n) is 19.1. The molecule has 7 nitrogen and oxygen atoms in total. The lowest BCUT2D eigenvalue weighted by Gasteiger charge is -2.19. The zero-order chi connectivity index (χ0) is 27.2. The number of nitrogens with one attached hydrogen (secondary N) is 1. The largest absolute Gasteiger partial charge is 0.508 e. The van der Waals surface area contributed by atoms with Gasteiger partial charge in [-0.3, -0.25) is 4.79 Å². The number of carbonyl (C=O) groups is 2. The van der Waals surface area contributed by atoms with Crippen molar-refractivity contribution in [3.05, 3.63) is 78.9 Å². The molecule has 12 heteroatoms. The number of esters is 1. The van der Waals surface area contributed by atoms with Crippen LogP contribution < -0.4 is 14.8 Å². The second-order valence-corrected chi connectivity index (χ2v) is 9.99. The maximum absolute atomic E-state index is 12.7. The number of phenols is 1. The van der Waals surface area contributed by atoms with E-state index >= 15 is 0 Å². The van der Waals surface area contributed by atoms with E-state index in [9.17, 15) is 27.9 Å². The molecule has 0 radical (unpaired) electrons. The van der Waals surface area contributed by atoms with Crippen LogP contribution in [0, 0.1) is 7.14 Å². The molecule has 0 aromatic heterocycles. The molecule has 3 aromatic rings. The average molecular weight is 741 g/mol. The highest BCUT2D eigenvalue weighted by Crippen LogP contribution is 2.31. The number of ether oxygens (including phenoxy) is 3. The molecule has 37 heavy (non-hydrogen) atoms. The molecule has 1 atom stereocenters. The molecular weight excluding hydrogens is 721 g/mol. The zero-order valence-corrected chi connectivity index (χ0v) is 23.5. The number of carbonyl (C=O) groups excluding carboxylic acids is 2. The number of halogens is 5.